The zero-order valence-corrected chi connectivity index (χ0v) is 16.5. The van der Waals surface area contributed by atoms with Crippen molar-refractivity contribution < 1.29 is 19.2 Å². The number of hydrogen-bond acceptors (Lipinski definition) is 8. The van der Waals surface area contributed by atoms with Crippen LogP contribution in [-0.4, -0.2) is 27.9 Å². The summed E-state index contributed by atoms with van der Waals surface area (Å²) in [6.45, 7) is 3.10. The van der Waals surface area contributed by atoms with Crippen LogP contribution in [-0.2, 0) is 9.53 Å². The summed E-state index contributed by atoms with van der Waals surface area (Å²) < 4.78 is 5.24. The molecule has 2 aromatic heterocycles. The summed E-state index contributed by atoms with van der Waals surface area (Å²) in [6, 6.07) is 9.54. The molecule has 1 amide bonds. The van der Waals surface area contributed by atoms with Gasteiger partial charge < -0.3 is 10.1 Å². The molecule has 0 aliphatic rings. The summed E-state index contributed by atoms with van der Waals surface area (Å²) in [4.78, 5) is 40.8. The fourth-order valence-electron chi connectivity index (χ4n) is 2.33. The highest BCUT2D eigenvalue weighted by molar-refractivity contribution is 7.22. The van der Waals surface area contributed by atoms with E-state index in [-0.39, 0.29) is 11.4 Å². The van der Waals surface area contributed by atoms with Crippen molar-refractivity contribution in [3.05, 3.63) is 62.5 Å². The number of esters is 1. The molecule has 3 aromatic rings. The largest absolute Gasteiger partial charge is 0.448 e. The third-order valence-electron chi connectivity index (χ3n) is 3.73. The molecule has 8 nitrogen and oxygen atoms in total. The van der Waals surface area contributed by atoms with Gasteiger partial charge in [-0.15, -0.1) is 22.7 Å². The molecule has 1 atom stereocenters. The number of para-hydroxylation sites is 2. The maximum Gasteiger partial charge on any atom is 0.351 e. The second-order valence-corrected chi connectivity index (χ2v) is 7.67. The van der Waals surface area contributed by atoms with Crippen LogP contribution >= 0.6 is 22.7 Å². The minimum atomic E-state index is -1.14. The Morgan fingerprint density at radius 2 is 2.00 bits per heavy atom. The molecule has 1 aromatic carbocycles. The lowest BCUT2D eigenvalue weighted by Gasteiger charge is -2.13. The number of benzene rings is 1. The first-order valence-electron chi connectivity index (χ1n) is 8.13. The molecule has 0 saturated heterocycles. The summed E-state index contributed by atoms with van der Waals surface area (Å²) in [6.07, 6.45) is -1.14. The zero-order valence-electron chi connectivity index (χ0n) is 14.9. The number of amides is 1. The Hall–Kier alpha value is -3.11. The minimum absolute atomic E-state index is 0.0364. The standard InChI is InChI=1S/C18H15N3O5S2/c1-10-15(28-17(19-10)14-8-5-9-27-14)18(23)26-11(2)16(22)20-12-6-3-4-7-13(12)21(24)25/h3-9,11H,1-2H3,(H,20,22). The molecule has 28 heavy (non-hydrogen) atoms. The van der Waals surface area contributed by atoms with Crippen LogP contribution < -0.4 is 5.32 Å². The van der Waals surface area contributed by atoms with Crippen LogP contribution in [0, 0.1) is 17.0 Å². The number of ether oxygens (including phenoxy) is 1. The monoisotopic (exact) mass is 417 g/mol. The first kappa shape index (κ1) is 19.6. The van der Waals surface area contributed by atoms with Crippen LogP contribution in [0.15, 0.2) is 41.8 Å². The van der Waals surface area contributed by atoms with Crippen molar-refractivity contribution in [1.82, 2.24) is 4.98 Å². The average Bonchev–Trinajstić information content (AvgIpc) is 3.31. The number of aryl methyl sites for hydroxylation is 1. The summed E-state index contributed by atoms with van der Waals surface area (Å²) in [5.74, 6) is -1.33. The van der Waals surface area contributed by atoms with Crippen LogP contribution in [0.25, 0.3) is 9.88 Å². The van der Waals surface area contributed by atoms with Gasteiger partial charge in [0.1, 0.15) is 15.6 Å². The number of nitro benzene ring substituents is 1. The third-order valence-corrected chi connectivity index (χ3v) is 5.90. The van der Waals surface area contributed by atoms with E-state index in [4.69, 9.17) is 4.74 Å². The van der Waals surface area contributed by atoms with Gasteiger partial charge in [-0.2, -0.15) is 0 Å². The Balaban J connectivity index is 1.69. The first-order valence-corrected chi connectivity index (χ1v) is 9.83. The molecule has 0 radical (unpaired) electrons. The van der Waals surface area contributed by atoms with Gasteiger partial charge in [-0.25, -0.2) is 9.78 Å². The molecular formula is C18H15N3O5S2. The summed E-state index contributed by atoms with van der Waals surface area (Å²) in [5.41, 5.74) is 0.312. The Kier molecular flexibility index (Phi) is 5.81. The van der Waals surface area contributed by atoms with E-state index in [1.807, 2.05) is 17.5 Å². The van der Waals surface area contributed by atoms with E-state index in [1.54, 1.807) is 13.0 Å². The second kappa shape index (κ2) is 8.28. The smallest absolute Gasteiger partial charge is 0.351 e. The summed E-state index contributed by atoms with van der Waals surface area (Å²) in [7, 11) is 0. The number of nitrogens with one attached hydrogen (secondary N) is 1. The molecule has 0 fully saturated rings. The molecule has 0 saturated carbocycles. The van der Waals surface area contributed by atoms with Crippen molar-refractivity contribution in [2.75, 3.05) is 5.32 Å². The number of carbonyl (C=O) groups excluding carboxylic acids is 2. The lowest BCUT2D eigenvalue weighted by Crippen LogP contribution is -2.30. The highest BCUT2D eigenvalue weighted by Gasteiger charge is 2.25. The molecule has 0 spiro atoms. The van der Waals surface area contributed by atoms with Crippen molar-refractivity contribution in [2.45, 2.75) is 20.0 Å². The summed E-state index contributed by atoms with van der Waals surface area (Å²) in [5, 5.41) is 16.1. The van der Waals surface area contributed by atoms with E-state index >= 15 is 0 Å². The predicted molar refractivity (Wildman–Crippen MR) is 107 cm³/mol. The fourth-order valence-corrected chi connectivity index (χ4v) is 4.08. The molecular weight excluding hydrogens is 402 g/mol. The van der Waals surface area contributed by atoms with Crippen LogP contribution in [0.5, 0.6) is 0 Å². The molecule has 0 aliphatic heterocycles. The average molecular weight is 417 g/mol. The number of nitrogens with zero attached hydrogens (tertiary/aromatic N) is 2. The van der Waals surface area contributed by atoms with E-state index in [0.717, 1.165) is 4.88 Å². The highest BCUT2D eigenvalue weighted by atomic mass is 32.1. The number of rotatable bonds is 6. The normalized spacial score (nSPS) is 11.6. The van der Waals surface area contributed by atoms with E-state index in [9.17, 15) is 19.7 Å². The Labute approximate surface area is 168 Å². The van der Waals surface area contributed by atoms with Gasteiger partial charge in [0, 0.05) is 6.07 Å². The van der Waals surface area contributed by atoms with Crippen LogP contribution in [0.2, 0.25) is 0 Å². The number of thiazole rings is 1. The van der Waals surface area contributed by atoms with Gasteiger partial charge in [0.25, 0.3) is 11.6 Å². The quantitative estimate of drug-likeness (QED) is 0.364. The van der Waals surface area contributed by atoms with E-state index in [0.29, 0.717) is 15.6 Å². The number of hydrogen-bond donors (Lipinski definition) is 1. The molecule has 144 valence electrons. The number of thiophene rings is 1. The molecule has 1 N–H and O–H groups in total. The number of anilines is 1. The maximum absolute atomic E-state index is 12.5. The van der Waals surface area contributed by atoms with E-state index in [1.165, 1.54) is 47.8 Å². The predicted octanol–water partition coefficient (Wildman–Crippen LogP) is 4.27. The number of aromatic nitrogens is 1. The van der Waals surface area contributed by atoms with Gasteiger partial charge in [0.05, 0.1) is 15.5 Å². The van der Waals surface area contributed by atoms with Gasteiger partial charge >= 0.3 is 5.97 Å². The van der Waals surface area contributed by atoms with E-state index < -0.39 is 22.9 Å². The van der Waals surface area contributed by atoms with Crippen molar-refractivity contribution >= 4 is 45.9 Å². The van der Waals surface area contributed by atoms with Crippen LogP contribution in [0.4, 0.5) is 11.4 Å². The molecule has 3 rings (SSSR count). The van der Waals surface area contributed by atoms with Crippen LogP contribution in [0.3, 0.4) is 0 Å². The Bertz CT molecular complexity index is 1030. The topological polar surface area (TPSA) is 111 Å². The maximum atomic E-state index is 12.5. The lowest BCUT2D eigenvalue weighted by atomic mass is 10.2. The zero-order chi connectivity index (χ0) is 20.3. The van der Waals surface area contributed by atoms with Gasteiger partial charge in [-0.1, -0.05) is 18.2 Å². The van der Waals surface area contributed by atoms with Crippen molar-refractivity contribution in [3.63, 3.8) is 0 Å². The Morgan fingerprint density at radius 1 is 1.25 bits per heavy atom. The van der Waals surface area contributed by atoms with Gasteiger partial charge in [-0.05, 0) is 31.4 Å². The fraction of sp³-hybridized carbons (Fsp3) is 0.167. The van der Waals surface area contributed by atoms with Crippen molar-refractivity contribution in [3.8, 4) is 9.88 Å². The highest BCUT2D eigenvalue weighted by Crippen LogP contribution is 2.31. The van der Waals surface area contributed by atoms with Crippen LogP contribution in [0.1, 0.15) is 22.3 Å². The molecule has 1 unspecified atom stereocenters. The van der Waals surface area contributed by atoms with Gasteiger partial charge in [0.15, 0.2) is 6.10 Å². The Morgan fingerprint density at radius 3 is 2.68 bits per heavy atom. The molecule has 0 aliphatic carbocycles. The molecule has 2 heterocycles. The van der Waals surface area contributed by atoms with Gasteiger partial charge in [-0.3, -0.25) is 14.9 Å². The van der Waals surface area contributed by atoms with Crippen molar-refractivity contribution in [2.24, 2.45) is 0 Å². The number of nitro groups is 1. The second-order valence-electron chi connectivity index (χ2n) is 5.72. The SMILES string of the molecule is Cc1nc(-c2cccs2)sc1C(=O)OC(C)C(=O)Nc1ccccc1[N+](=O)[O-]. The molecule has 0 bridgehead atoms. The molecule has 10 heteroatoms. The number of carbonyl (C=O) groups is 2. The van der Waals surface area contributed by atoms with Gasteiger partial charge in [0.2, 0.25) is 0 Å². The van der Waals surface area contributed by atoms with Crippen molar-refractivity contribution in [1.29, 1.82) is 0 Å². The van der Waals surface area contributed by atoms with E-state index in [2.05, 4.69) is 10.3 Å². The lowest BCUT2D eigenvalue weighted by molar-refractivity contribution is -0.383. The minimum Gasteiger partial charge on any atom is -0.448 e. The third kappa shape index (κ3) is 4.24. The first-order chi connectivity index (χ1) is 13.4. The summed E-state index contributed by atoms with van der Waals surface area (Å²) >= 11 is 2.70.